The van der Waals surface area contributed by atoms with Crippen molar-refractivity contribution in [1.82, 2.24) is 20.9 Å². The predicted octanol–water partition coefficient (Wildman–Crippen LogP) is 3.48. The Morgan fingerprint density at radius 1 is 0.787 bits per heavy atom. The third-order valence-electron chi connectivity index (χ3n) is 8.34. The molecule has 4 aromatic rings. The van der Waals surface area contributed by atoms with Gasteiger partial charge in [-0.15, -0.1) is 0 Å². The van der Waals surface area contributed by atoms with Crippen LogP contribution in [-0.4, -0.2) is 58.9 Å². The maximum atomic E-state index is 13.6. The number of amides is 4. The van der Waals surface area contributed by atoms with E-state index in [0.29, 0.717) is 18.4 Å². The van der Waals surface area contributed by atoms with Crippen molar-refractivity contribution in [2.45, 2.75) is 69.9 Å². The van der Waals surface area contributed by atoms with Crippen molar-refractivity contribution in [3.8, 4) is 0 Å². The molecule has 0 unspecified atom stereocenters. The molecule has 1 aliphatic rings. The number of ether oxygens (including phenoxy) is 1. The van der Waals surface area contributed by atoms with Crippen LogP contribution in [0.3, 0.4) is 0 Å². The summed E-state index contributed by atoms with van der Waals surface area (Å²) >= 11 is 0. The van der Waals surface area contributed by atoms with Crippen molar-refractivity contribution >= 4 is 34.5 Å². The highest BCUT2D eigenvalue weighted by Gasteiger charge is 2.47. The number of aromatic nitrogens is 1. The van der Waals surface area contributed by atoms with Gasteiger partial charge in [0, 0.05) is 11.4 Å². The average molecular weight is 636 g/mol. The number of nitrogens with zero attached hydrogens (tertiary/aromatic N) is 1. The third-order valence-corrected chi connectivity index (χ3v) is 8.34. The van der Waals surface area contributed by atoms with E-state index in [1.54, 1.807) is 18.2 Å². The Kier molecular flexibility index (Phi) is 11.0. The predicted molar refractivity (Wildman–Crippen MR) is 179 cm³/mol. The van der Waals surface area contributed by atoms with Gasteiger partial charge in [0.2, 0.25) is 17.7 Å². The second-order valence-electron chi connectivity index (χ2n) is 12.3. The van der Waals surface area contributed by atoms with Gasteiger partial charge in [0.25, 0.3) is 5.91 Å². The van der Waals surface area contributed by atoms with Gasteiger partial charge in [0.05, 0.1) is 30.5 Å². The second-order valence-corrected chi connectivity index (χ2v) is 12.3. The van der Waals surface area contributed by atoms with Crippen LogP contribution in [0.25, 0.3) is 10.9 Å². The van der Waals surface area contributed by atoms with E-state index >= 15 is 0 Å². The Morgan fingerprint density at radius 2 is 1.43 bits per heavy atom. The third kappa shape index (κ3) is 9.46. The van der Waals surface area contributed by atoms with Crippen molar-refractivity contribution < 1.29 is 23.9 Å². The normalized spacial score (nSPS) is 17.3. The molecule has 3 aromatic carbocycles. The van der Waals surface area contributed by atoms with Gasteiger partial charge in [-0.25, -0.2) is 4.98 Å². The molecule has 10 heteroatoms. The minimum atomic E-state index is -1.24. The molecule has 47 heavy (non-hydrogen) atoms. The van der Waals surface area contributed by atoms with Crippen LogP contribution in [0, 0.1) is 5.92 Å². The number of nitrogens with two attached hydrogens (primary N) is 1. The fraction of sp³-hybridized carbons (Fsp3) is 0.324. The standard InChI is InChI=1S/C37H41N5O5/c1-23(2)29(19-24-11-5-3-6-12-24)40-34(44)22-32-35(47-32)30(20-25-13-7-4-8-14-25)41-37(46)31(21-33(38)43)42-36(45)28-18-17-26-15-9-10-16-27(26)39-28/h3-18,23,29-32,35H,19-22H2,1-2H3,(H2,38,43)(H,40,44)(H,41,46)(H,42,45)/t29-,30-,31-,32-,35+/m0/s1. The van der Waals surface area contributed by atoms with Gasteiger partial charge in [0.15, 0.2) is 0 Å². The van der Waals surface area contributed by atoms with Crippen molar-refractivity contribution in [1.29, 1.82) is 0 Å². The van der Waals surface area contributed by atoms with Gasteiger partial charge >= 0.3 is 0 Å². The van der Waals surface area contributed by atoms with Gasteiger partial charge in [-0.05, 0) is 42.0 Å². The minimum absolute atomic E-state index is 0.0443. The zero-order valence-electron chi connectivity index (χ0n) is 26.6. The van der Waals surface area contributed by atoms with E-state index in [9.17, 15) is 19.2 Å². The SMILES string of the molecule is CC(C)[C@H](Cc1ccccc1)NC(=O)C[C@@H]1O[C@@H]1[C@H](Cc1ccccc1)NC(=O)[C@H](CC(N)=O)NC(=O)c1ccc2ccccc2n1. The van der Waals surface area contributed by atoms with E-state index in [2.05, 4.69) is 34.8 Å². The Bertz CT molecular complexity index is 1700. The lowest BCUT2D eigenvalue weighted by atomic mass is 9.96. The summed E-state index contributed by atoms with van der Waals surface area (Å²) in [6, 6.07) is 28.5. The molecule has 0 spiro atoms. The van der Waals surface area contributed by atoms with Crippen LogP contribution in [0.1, 0.15) is 48.3 Å². The van der Waals surface area contributed by atoms with Gasteiger partial charge in [0.1, 0.15) is 17.8 Å². The molecule has 1 fully saturated rings. The first-order chi connectivity index (χ1) is 22.7. The zero-order chi connectivity index (χ0) is 33.3. The fourth-order valence-corrected chi connectivity index (χ4v) is 5.68. The van der Waals surface area contributed by atoms with E-state index in [1.807, 2.05) is 78.9 Å². The van der Waals surface area contributed by atoms with Crippen molar-refractivity contribution in [2.24, 2.45) is 11.7 Å². The molecule has 5 rings (SSSR count). The Balaban J connectivity index is 1.25. The highest BCUT2D eigenvalue weighted by Crippen LogP contribution is 2.30. The molecular weight excluding hydrogens is 594 g/mol. The van der Waals surface area contributed by atoms with E-state index in [4.69, 9.17) is 10.5 Å². The number of fused-ring (bicyclic) bond motifs is 1. The van der Waals surface area contributed by atoms with Crippen LogP contribution in [-0.2, 0) is 32.0 Å². The molecule has 4 amide bonds. The quantitative estimate of drug-likeness (QED) is 0.147. The van der Waals surface area contributed by atoms with E-state index in [1.165, 1.54) is 0 Å². The summed E-state index contributed by atoms with van der Waals surface area (Å²) in [6.45, 7) is 4.15. The average Bonchev–Trinajstić information content (AvgIpc) is 3.83. The molecule has 0 saturated carbocycles. The Hall–Kier alpha value is -5.09. The molecule has 1 aliphatic heterocycles. The summed E-state index contributed by atoms with van der Waals surface area (Å²) in [5.41, 5.74) is 8.31. The van der Waals surface area contributed by atoms with Gasteiger partial charge in [-0.3, -0.25) is 19.2 Å². The molecule has 0 aliphatic carbocycles. The van der Waals surface area contributed by atoms with E-state index in [-0.39, 0.29) is 30.0 Å². The zero-order valence-corrected chi connectivity index (χ0v) is 26.6. The first-order valence-corrected chi connectivity index (χ1v) is 15.9. The largest absolute Gasteiger partial charge is 0.370 e. The van der Waals surface area contributed by atoms with Crippen LogP contribution in [0.15, 0.2) is 97.1 Å². The topological polar surface area (TPSA) is 156 Å². The number of hydrogen-bond acceptors (Lipinski definition) is 6. The molecule has 5 atom stereocenters. The number of carbonyl (C=O) groups is 4. The first kappa shape index (κ1) is 33.3. The highest BCUT2D eigenvalue weighted by atomic mass is 16.6. The highest BCUT2D eigenvalue weighted by molar-refractivity contribution is 5.99. The molecule has 2 heterocycles. The maximum absolute atomic E-state index is 13.6. The van der Waals surface area contributed by atoms with Crippen molar-refractivity contribution in [3.63, 3.8) is 0 Å². The van der Waals surface area contributed by atoms with Crippen molar-refractivity contribution in [3.05, 3.63) is 114 Å². The number of primary amides is 1. The number of nitrogens with one attached hydrogen (secondary N) is 3. The molecule has 5 N–H and O–H groups in total. The first-order valence-electron chi connectivity index (χ1n) is 15.9. The van der Waals surface area contributed by atoms with Crippen LogP contribution in [0.4, 0.5) is 0 Å². The molecule has 10 nitrogen and oxygen atoms in total. The van der Waals surface area contributed by atoms with Gasteiger partial charge in [-0.1, -0.05) is 98.8 Å². The summed E-state index contributed by atoms with van der Waals surface area (Å²) in [4.78, 5) is 56.3. The number of hydrogen-bond donors (Lipinski definition) is 4. The van der Waals surface area contributed by atoms with Gasteiger partial charge < -0.3 is 26.4 Å². The van der Waals surface area contributed by atoms with E-state index in [0.717, 1.165) is 16.5 Å². The Morgan fingerprint density at radius 3 is 2.09 bits per heavy atom. The lowest BCUT2D eigenvalue weighted by Crippen LogP contribution is -2.53. The summed E-state index contributed by atoms with van der Waals surface area (Å²) in [5, 5.41) is 9.64. The van der Waals surface area contributed by atoms with E-state index < -0.39 is 48.4 Å². The second kappa shape index (κ2) is 15.5. The van der Waals surface area contributed by atoms with Crippen molar-refractivity contribution in [2.75, 3.05) is 0 Å². The number of epoxide rings is 1. The maximum Gasteiger partial charge on any atom is 0.270 e. The molecule has 244 valence electrons. The number of benzene rings is 3. The number of para-hydroxylation sites is 1. The molecular formula is C37H41N5O5. The number of rotatable bonds is 15. The minimum Gasteiger partial charge on any atom is -0.370 e. The summed E-state index contributed by atoms with van der Waals surface area (Å²) < 4.78 is 5.97. The summed E-state index contributed by atoms with van der Waals surface area (Å²) in [7, 11) is 0. The smallest absolute Gasteiger partial charge is 0.270 e. The van der Waals surface area contributed by atoms with Crippen LogP contribution in [0.2, 0.25) is 0 Å². The fourth-order valence-electron chi connectivity index (χ4n) is 5.68. The lowest BCUT2D eigenvalue weighted by molar-refractivity contribution is -0.127. The van der Waals surface area contributed by atoms with Crippen LogP contribution < -0.4 is 21.7 Å². The molecule has 1 aromatic heterocycles. The number of carbonyl (C=O) groups excluding carboxylic acids is 4. The summed E-state index contributed by atoms with van der Waals surface area (Å²) in [6.07, 6.45) is 0.0233. The monoisotopic (exact) mass is 635 g/mol. The van der Waals surface area contributed by atoms with Crippen LogP contribution in [0.5, 0.6) is 0 Å². The molecule has 0 bridgehead atoms. The summed E-state index contributed by atoms with van der Waals surface area (Å²) in [5.74, 6) is -1.84. The molecule has 1 saturated heterocycles. The Labute approximate surface area is 274 Å². The molecule has 0 radical (unpaired) electrons. The van der Waals surface area contributed by atoms with Gasteiger partial charge in [-0.2, -0.15) is 0 Å². The number of pyridine rings is 1. The lowest BCUT2D eigenvalue weighted by Gasteiger charge is -2.23. The van der Waals surface area contributed by atoms with Crippen LogP contribution >= 0.6 is 0 Å².